The molecule has 3 atom stereocenters. The molecule has 2 bridgehead atoms. The number of hydrogen-bond acceptors (Lipinski definition) is 3. The number of nitrogens with two attached hydrogens (primary N) is 1. The Morgan fingerprint density at radius 1 is 1.38 bits per heavy atom. The van der Waals surface area contributed by atoms with Crippen LogP contribution in [-0.2, 0) is 0 Å². The molecule has 0 spiro atoms. The predicted octanol–water partition coefficient (Wildman–Crippen LogP) is 0.160. The van der Waals surface area contributed by atoms with E-state index < -0.39 is 0 Å². The van der Waals surface area contributed by atoms with Crippen molar-refractivity contribution < 1.29 is 0 Å². The first-order valence-electron chi connectivity index (χ1n) is 5.48. The minimum absolute atomic E-state index is 0.316. The van der Waals surface area contributed by atoms with Crippen LogP contribution >= 0.6 is 0 Å². The van der Waals surface area contributed by atoms with E-state index in [2.05, 4.69) is 17.1 Å². The minimum Gasteiger partial charge on any atom is -0.327 e. The number of hydrogen-bond donors (Lipinski definition) is 2. The zero-order valence-corrected chi connectivity index (χ0v) is 8.50. The Morgan fingerprint density at radius 3 is 2.92 bits per heavy atom. The van der Waals surface area contributed by atoms with Gasteiger partial charge in [0.05, 0.1) is 0 Å². The van der Waals surface area contributed by atoms with E-state index in [0.29, 0.717) is 6.04 Å². The van der Waals surface area contributed by atoms with Gasteiger partial charge in [0.2, 0.25) is 0 Å². The van der Waals surface area contributed by atoms with Crippen molar-refractivity contribution in [2.75, 3.05) is 19.6 Å². The first kappa shape index (κ1) is 9.44. The number of nitrogens with one attached hydrogen (secondary N) is 1. The molecule has 13 heavy (non-hydrogen) atoms. The summed E-state index contributed by atoms with van der Waals surface area (Å²) in [6.45, 7) is 5.59. The molecule has 3 N–H and O–H groups in total. The van der Waals surface area contributed by atoms with Gasteiger partial charge in [-0.2, -0.15) is 0 Å². The average Bonchev–Trinajstić information content (AvgIpc) is 2.36. The predicted molar refractivity (Wildman–Crippen MR) is 54.7 cm³/mol. The Hall–Kier alpha value is -0.120. The second-order valence-electron chi connectivity index (χ2n) is 4.66. The molecular weight excluding hydrogens is 162 g/mol. The molecule has 2 heterocycles. The maximum Gasteiger partial charge on any atom is 0.0198 e. The molecule has 0 aliphatic carbocycles. The van der Waals surface area contributed by atoms with E-state index >= 15 is 0 Å². The zero-order chi connectivity index (χ0) is 9.26. The van der Waals surface area contributed by atoms with Gasteiger partial charge in [0.25, 0.3) is 0 Å². The second kappa shape index (κ2) is 3.95. The van der Waals surface area contributed by atoms with Crippen LogP contribution in [0.1, 0.15) is 26.2 Å². The standard InChI is InChI=1S/C10H21N3/c1-8(11)6-13-5-4-9-2-3-10(7-13)12-9/h8-10,12H,2-7,11H2,1H3. The molecule has 0 aromatic rings. The van der Waals surface area contributed by atoms with Crippen molar-refractivity contribution in [3.05, 3.63) is 0 Å². The third-order valence-electron chi connectivity index (χ3n) is 3.15. The molecular formula is C10H21N3. The van der Waals surface area contributed by atoms with Crippen molar-refractivity contribution in [2.45, 2.75) is 44.3 Å². The van der Waals surface area contributed by atoms with Crippen LogP contribution in [0.3, 0.4) is 0 Å². The maximum absolute atomic E-state index is 5.81. The third kappa shape index (κ3) is 2.42. The Labute approximate surface area is 80.7 Å². The SMILES string of the molecule is CC(N)CN1CCC2CCC(C1)N2. The number of rotatable bonds is 2. The molecule has 76 valence electrons. The lowest BCUT2D eigenvalue weighted by atomic mass is 10.1. The van der Waals surface area contributed by atoms with Gasteiger partial charge < -0.3 is 16.0 Å². The Balaban J connectivity index is 1.86. The quantitative estimate of drug-likeness (QED) is 0.641. The van der Waals surface area contributed by atoms with Gasteiger partial charge in [0, 0.05) is 31.2 Å². The molecule has 2 fully saturated rings. The van der Waals surface area contributed by atoms with Gasteiger partial charge in [-0.15, -0.1) is 0 Å². The molecule has 2 saturated heterocycles. The lowest BCUT2D eigenvalue weighted by molar-refractivity contribution is 0.248. The molecule has 3 heteroatoms. The van der Waals surface area contributed by atoms with Gasteiger partial charge in [-0.1, -0.05) is 0 Å². The largest absolute Gasteiger partial charge is 0.327 e. The molecule has 3 unspecified atom stereocenters. The van der Waals surface area contributed by atoms with Crippen molar-refractivity contribution in [3.8, 4) is 0 Å². The average molecular weight is 183 g/mol. The van der Waals surface area contributed by atoms with E-state index in [1.807, 2.05) is 0 Å². The molecule has 0 aromatic heterocycles. The Morgan fingerprint density at radius 2 is 2.15 bits per heavy atom. The summed E-state index contributed by atoms with van der Waals surface area (Å²) >= 11 is 0. The molecule has 2 aliphatic rings. The lowest BCUT2D eigenvalue weighted by Crippen LogP contribution is -2.41. The van der Waals surface area contributed by atoms with Gasteiger partial charge in [-0.3, -0.25) is 0 Å². The van der Waals surface area contributed by atoms with Crippen LogP contribution in [0.25, 0.3) is 0 Å². The van der Waals surface area contributed by atoms with Crippen LogP contribution < -0.4 is 11.1 Å². The molecule has 0 radical (unpaired) electrons. The highest BCUT2D eigenvalue weighted by Crippen LogP contribution is 2.20. The molecule has 2 rings (SSSR count). The van der Waals surface area contributed by atoms with Crippen LogP contribution in [0.15, 0.2) is 0 Å². The van der Waals surface area contributed by atoms with Crippen LogP contribution in [0.4, 0.5) is 0 Å². The van der Waals surface area contributed by atoms with E-state index in [0.717, 1.165) is 18.6 Å². The highest BCUT2D eigenvalue weighted by molar-refractivity contribution is 4.89. The van der Waals surface area contributed by atoms with Crippen molar-refractivity contribution in [1.82, 2.24) is 10.2 Å². The summed E-state index contributed by atoms with van der Waals surface area (Å²) in [4.78, 5) is 2.52. The Kier molecular flexibility index (Phi) is 2.86. The second-order valence-corrected chi connectivity index (χ2v) is 4.66. The van der Waals surface area contributed by atoms with Gasteiger partial charge in [0.15, 0.2) is 0 Å². The van der Waals surface area contributed by atoms with Crippen LogP contribution in [0.2, 0.25) is 0 Å². The summed E-state index contributed by atoms with van der Waals surface area (Å²) in [5.41, 5.74) is 5.81. The van der Waals surface area contributed by atoms with E-state index in [4.69, 9.17) is 5.73 Å². The van der Waals surface area contributed by atoms with Crippen LogP contribution in [0.5, 0.6) is 0 Å². The van der Waals surface area contributed by atoms with Crippen molar-refractivity contribution in [2.24, 2.45) is 5.73 Å². The van der Waals surface area contributed by atoms with E-state index in [1.54, 1.807) is 0 Å². The molecule has 0 aromatic carbocycles. The number of nitrogens with zero attached hydrogens (tertiary/aromatic N) is 1. The van der Waals surface area contributed by atoms with E-state index in [-0.39, 0.29) is 0 Å². The summed E-state index contributed by atoms with van der Waals surface area (Å²) in [6, 6.07) is 1.85. The van der Waals surface area contributed by atoms with E-state index in [9.17, 15) is 0 Å². The molecule has 0 saturated carbocycles. The normalized spacial score (nSPS) is 37.4. The lowest BCUT2D eigenvalue weighted by Gasteiger charge is -2.25. The van der Waals surface area contributed by atoms with E-state index in [1.165, 1.54) is 32.4 Å². The first-order chi connectivity index (χ1) is 6.24. The van der Waals surface area contributed by atoms with Crippen LogP contribution in [0, 0.1) is 0 Å². The van der Waals surface area contributed by atoms with Crippen LogP contribution in [-0.4, -0.2) is 42.7 Å². The summed E-state index contributed by atoms with van der Waals surface area (Å²) in [7, 11) is 0. The minimum atomic E-state index is 0.316. The smallest absolute Gasteiger partial charge is 0.0198 e. The number of fused-ring (bicyclic) bond motifs is 2. The fourth-order valence-corrected chi connectivity index (χ4v) is 2.59. The monoisotopic (exact) mass is 183 g/mol. The summed E-state index contributed by atoms with van der Waals surface area (Å²) in [5.74, 6) is 0. The fraction of sp³-hybridized carbons (Fsp3) is 1.00. The van der Waals surface area contributed by atoms with Crippen molar-refractivity contribution >= 4 is 0 Å². The first-order valence-corrected chi connectivity index (χ1v) is 5.48. The topological polar surface area (TPSA) is 41.3 Å². The van der Waals surface area contributed by atoms with Gasteiger partial charge >= 0.3 is 0 Å². The molecule has 2 aliphatic heterocycles. The fourth-order valence-electron chi connectivity index (χ4n) is 2.59. The Bertz CT molecular complexity index is 170. The zero-order valence-electron chi connectivity index (χ0n) is 8.50. The van der Waals surface area contributed by atoms with Crippen molar-refractivity contribution in [3.63, 3.8) is 0 Å². The van der Waals surface area contributed by atoms with Gasteiger partial charge in [0.1, 0.15) is 0 Å². The van der Waals surface area contributed by atoms with Crippen molar-refractivity contribution in [1.29, 1.82) is 0 Å². The highest BCUT2D eigenvalue weighted by atomic mass is 15.2. The summed E-state index contributed by atoms with van der Waals surface area (Å²) < 4.78 is 0. The summed E-state index contributed by atoms with van der Waals surface area (Å²) in [6.07, 6.45) is 4.06. The highest BCUT2D eigenvalue weighted by Gasteiger charge is 2.29. The maximum atomic E-state index is 5.81. The molecule has 3 nitrogen and oxygen atoms in total. The van der Waals surface area contributed by atoms with Gasteiger partial charge in [-0.25, -0.2) is 0 Å². The molecule has 0 amide bonds. The summed E-state index contributed by atoms with van der Waals surface area (Å²) in [5, 5.41) is 3.67. The van der Waals surface area contributed by atoms with Gasteiger partial charge in [-0.05, 0) is 32.7 Å². The third-order valence-corrected chi connectivity index (χ3v) is 3.15. The number of likely N-dealkylation sites (tertiary alicyclic amines) is 1.